The molecular weight excluding hydrogens is 320 g/mol. The van der Waals surface area contributed by atoms with Gasteiger partial charge in [-0.25, -0.2) is 0 Å². The van der Waals surface area contributed by atoms with Gasteiger partial charge in [-0.15, -0.1) is 0 Å². The number of para-hydroxylation sites is 2. The number of hydrogen-bond acceptors (Lipinski definition) is 5. The highest BCUT2D eigenvalue weighted by Crippen LogP contribution is 2.31. The molecule has 2 aliphatic rings. The van der Waals surface area contributed by atoms with E-state index in [-0.39, 0.29) is 18.6 Å². The molecule has 1 N–H and O–H groups in total. The van der Waals surface area contributed by atoms with Gasteiger partial charge in [0.15, 0.2) is 11.5 Å². The number of ether oxygens (including phenoxy) is 2. The molecule has 4 rings (SSSR count). The third-order valence-electron chi connectivity index (χ3n) is 4.63. The topological polar surface area (TPSA) is 68.6 Å². The standard InChI is InChI=1S/C18H22N4O3/c1-21-11-14(9-19-21)22-8-4-5-13(10-22)20-18(23)17-12-24-15-6-2-3-7-16(15)25-17/h2-3,6-7,9,11,13,17H,4-5,8,10,12H2,1H3,(H,20,23)/t13-,17-/m0/s1. The van der Waals surface area contributed by atoms with Crippen LogP contribution in [0.2, 0.25) is 0 Å². The van der Waals surface area contributed by atoms with Crippen molar-refractivity contribution in [3.8, 4) is 11.5 Å². The van der Waals surface area contributed by atoms with Crippen LogP contribution in [0.5, 0.6) is 11.5 Å². The summed E-state index contributed by atoms with van der Waals surface area (Å²) >= 11 is 0. The van der Waals surface area contributed by atoms with E-state index in [4.69, 9.17) is 9.47 Å². The van der Waals surface area contributed by atoms with E-state index >= 15 is 0 Å². The molecular formula is C18H22N4O3. The number of rotatable bonds is 3. The van der Waals surface area contributed by atoms with Crippen molar-refractivity contribution < 1.29 is 14.3 Å². The summed E-state index contributed by atoms with van der Waals surface area (Å²) in [7, 11) is 1.91. The van der Waals surface area contributed by atoms with Crippen molar-refractivity contribution in [3.05, 3.63) is 36.7 Å². The molecule has 25 heavy (non-hydrogen) atoms. The second kappa shape index (κ2) is 6.66. The van der Waals surface area contributed by atoms with Gasteiger partial charge in [0.25, 0.3) is 5.91 Å². The molecule has 2 aliphatic heterocycles. The zero-order valence-electron chi connectivity index (χ0n) is 14.2. The van der Waals surface area contributed by atoms with E-state index in [1.165, 1.54) is 0 Å². The average Bonchev–Trinajstić information content (AvgIpc) is 3.08. The Morgan fingerprint density at radius 3 is 2.96 bits per heavy atom. The fourth-order valence-corrected chi connectivity index (χ4v) is 3.34. The Kier molecular flexibility index (Phi) is 4.21. The summed E-state index contributed by atoms with van der Waals surface area (Å²) in [6.07, 6.45) is 5.25. The Labute approximate surface area is 146 Å². The molecule has 2 aromatic rings. The first kappa shape index (κ1) is 15.8. The van der Waals surface area contributed by atoms with E-state index in [1.54, 1.807) is 4.68 Å². The molecule has 2 atom stereocenters. The number of aromatic nitrogens is 2. The first-order valence-corrected chi connectivity index (χ1v) is 8.61. The smallest absolute Gasteiger partial charge is 0.264 e. The number of amides is 1. The molecule has 0 saturated carbocycles. The highest BCUT2D eigenvalue weighted by molar-refractivity contribution is 5.82. The summed E-state index contributed by atoms with van der Waals surface area (Å²) in [5.74, 6) is 1.19. The predicted octanol–water partition coefficient (Wildman–Crippen LogP) is 1.35. The zero-order chi connectivity index (χ0) is 17.2. The zero-order valence-corrected chi connectivity index (χ0v) is 14.2. The lowest BCUT2D eigenvalue weighted by molar-refractivity contribution is -0.131. The number of nitrogens with zero attached hydrogens (tertiary/aromatic N) is 3. The molecule has 7 heteroatoms. The minimum absolute atomic E-state index is 0.0993. The van der Waals surface area contributed by atoms with E-state index in [0.717, 1.165) is 31.6 Å². The van der Waals surface area contributed by atoms with Crippen LogP contribution >= 0.6 is 0 Å². The number of hydrogen-bond donors (Lipinski definition) is 1. The normalized spacial score (nSPS) is 22.5. The summed E-state index contributed by atoms with van der Waals surface area (Å²) in [5, 5.41) is 7.34. The van der Waals surface area contributed by atoms with Crippen LogP contribution in [0.4, 0.5) is 5.69 Å². The Balaban J connectivity index is 1.36. The molecule has 0 radical (unpaired) electrons. The van der Waals surface area contributed by atoms with Gasteiger partial charge in [-0.05, 0) is 25.0 Å². The number of carbonyl (C=O) groups excluding carboxylic acids is 1. The summed E-state index contributed by atoms with van der Waals surface area (Å²) in [6.45, 7) is 2.00. The van der Waals surface area contributed by atoms with Crippen molar-refractivity contribution in [1.82, 2.24) is 15.1 Å². The van der Waals surface area contributed by atoms with Crippen LogP contribution in [0.15, 0.2) is 36.7 Å². The molecule has 1 saturated heterocycles. The number of fused-ring (bicyclic) bond motifs is 1. The quantitative estimate of drug-likeness (QED) is 0.912. The van der Waals surface area contributed by atoms with Crippen LogP contribution in [0.3, 0.4) is 0 Å². The molecule has 7 nitrogen and oxygen atoms in total. The van der Waals surface area contributed by atoms with Crippen molar-refractivity contribution >= 4 is 11.6 Å². The lowest BCUT2D eigenvalue weighted by atomic mass is 10.0. The number of anilines is 1. The average molecular weight is 342 g/mol. The van der Waals surface area contributed by atoms with E-state index < -0.39 is 6.10 Å². The van der Waals surface area contributed by atoms with Crippen molar-refractivity contribution in [2.75, 3.05) is 24.6 Å². The van der Waals surface area contributed by atoms with Crippen LogP contribution in [0.25, 0.3) is 0 Å². The van der Waals surface area contributed by atoms with Crippen LogP contribution in [0.1, 0.15) is 12.8 Å². The van der Waals surface area contributed by atoms with Crippen LogP contribution in [-0.4, -0.2) is 47.5 Å². The van der Waals surface area contributed by atoms with E-state index in [2.05, 4.69) is 15.3 Å². The molecule has 1 aromatic carbocycles. The largest absolute Gasteiger partial charge is 0.485 e. The molecule has 1 aromatic heterocycles. The van der Waals surface area contributed by atoms with Crippen molar-refractivity contribution in [2.45, 2.75) is 25.0 Å². The third kappa shape index (κ3) is 3.40. The summed E-state index contributed by atoms with van der Waals surface area (Å²) in [6, 6.07) is 7.52. The molecule has 0 spiro atoms. The van der Waals surface area contributed by atoms with Gasteiger partial charge in [-0.2, -0.15) is 5.10 Å². The van der Waals surface area contributed by atoms with Gasteiger partial charge in [-0.1, -0.05) is 12.1 Å². The van der Waals surface area contributed by atoms with E-state index in [0.29, 0.717) is 11.5 Å². The Morgan fingerprint density at radius 2 is 2.16 bits per heavy atom. The van der Waals surface area contributed by atoms with Crippen LogP contribution in [-0.2, 0) is 11.8 Å². The van der Waals surface area contributed by atoms with Crippen molar-refractivity contribution in [3.63, 3.8) is 0 Å². The highest BCUT2D eigenvalue weighted by Gasteiger charge is 2.30. The van der Waals surface area contributed by atoms with Gasteiger partial charge in [0, 0.05) is 32.4 Å². The van der Waals surface area contributed by atoms with Gasteiger partial charge >= 0.3 is 0 Å². The van der Waals surface area contributed by atoms with Gasteiger partial charge in [0.1, 0.15) is 6.61 Å². The third-order valence-corrected chi connectivity index (χ3v) is 4.63. The number of benzene rings is 1. The van der Waals surface area contributed by atoms with E-state index in [1.807, 2.05) is 43.7 Å². The molecule has 1 fully saturated rings. The summed E-state index contributed by atoms with van der Waals surface area (Å²) < 4.78 is 13.2. The van der Waals surface area contributed by atoms with Crippen LogP contribution < -0.4 is 19.7 Å². The monoisotopic (exact) mass is 342 g/mol. The van der Waals surface area contributed by atoms with Crippen molar-refractivity contribution in [1.29, 1.82) is 0 Å². The maximum atomic E-state index is 12.6. The van der Waals surface area contributed by atoms with Crippen molar-refractivity contribution in [2.24, 2.45) is 7.05 Å². The minimum atomic E-state index is -0.608. The van der Waals surface area contributed by atoms with Crippen LogP contribution in [0, 0.1) is 0 Å². The predicted molar refractivity (Wildman–Crippen MR) is 92.9 cm³/mol. The van der Waals surface area contributed by atoms with Gasteiger partial charge in [0.2, 0.25) is 6.10 Å². The number of aryl methyl sites for hydroxylation is 1. The second-order valence-corrected chi connectivity index (χ2v) is 6.53. The molecule has 3 heterocycles. The van der Waals surface area contributed by atoms with E-state index in [9.17, 15) is 4.79 Å². The Morgan fingerprint density at radius 1 is 1.32 bits per heavy atom. The fourth-order valence-electron chi connectivity index (χ4n) is 3.34. The number of carbonyl (C=O) groups is 1. The van der Waals surface area contributed by atoms with Gasteiger partial charge in [0.05, 0.1) is 11.9 Å². The molecule has 0 aliphatic carbocycles. The fraction of sp³-hybridized carbons (Fsp3) is 0.444. The first-order valence-electron chi connectivity index (χ1n) is 8.61. The Bertz CT molecular complexity index is 760. The maximum absolute atomic E-state index is 12.6. The van der Waals surface area contributed by atoms with Gasteiger partial charge < -0.3 is 19.7 Å². The number of nitrogens with one attached hydrogen (secondary N) is 1. The maximum Gasteiger partial charge on any atom is 0.264 e. The number of piperidine rings is 1. The summed E-state index contributed by atoms with van der Waals surface area (Å²) in [5.41, 5.74) is 1.09. The minimum Gasteiger partial charge on any atom is -0.485 e. The highest BCUT2D eigenvalue weighted by atomic mass is 16.6. The first-order chi connectivity index (χ1) is 12.2. The SMILES string of the molecule is Cn1cc(N2CCC[C@H](NC(=O)[C@@H]3COc4ccccc4O3)C2)cn1. The molecule has 1 amide bonds. The van der Waals surface area contributed by atoms with Gasteiger partial charge in [-0.3, -0.25) is 9.48 Å². The Hall–Kier alpha value is -2.70. The summed E-state index contributed by atoms with van der Waals surface area (Å²) in [4.78, 5) is 14.8. The molecule has 0 unspecified atom stereocenters. The molecule has 132 valence electrons. The lowest BCUT2D eigenvalue weighted by Crippen LogP contribution is -2.53. The lowest BCUT2D eigenvalue weighted by Gasteiger charge is -2.35. The second-order valence-electron chi connectivity index (χ2n) is 6.53. The molecule has 0 bridgehead atoms.